The number of aliphatic hydroxyl groups excluding tert-OH is 1. The highest BCUT2D eigenvalue weighted by atomic mass is 16.3. The summed E-state index contributed by atoms with van der Waals surface area (Å²) in [6.07, 6.45) is 15.1. The molecule has 1 unspecified atom stereocenters. The summed E-state index contributed by atoms with van der Waals surface area (Å²) in [5.41, 5.74) is 0. The smallest absolute Gasteiger partial charge is 0.0540 e. The quantitative estimate of drug-likeness (QED) is 0.462. The third kappa shape index (κ3) is 12.0. The van der Waals surface area contributed by atoms with Crippen molar-refractivity contribution in [2.45, 2.75) is 97.0 Å². The third-order valence-electron chi connectivity index (χ3n) is 3.28. The van der Waals surface area contributed by atoms with Crippen LogP contribution in [0.4, 0.5) is 0 Å². The molecule has 0 radical (unpaired) electrons. The van der Waals surface area contributed by atoms with Gasteiger partial charge in [0.2, 0.25) is 0 Å². The van der Waals surface area contributed by atoms with Crippen molar-refractivity contribution in [2.75, 3.05) is 0 Å². The van der Waals surface area contributed by atoms with Crippen LogP contribution in [-0.4, -0.2) is 11.2 Å². The minimum Gasteiger partial charge on any atom is -0.393 e. The van der Waals surface area contributed by atoms with E-state index in [1.165, 1.54) is 64.2 Å². The molecule has 0 saturated carbocycles. The second-order valence-corrected chi connectivity index (χ2v) is 5.06. The average Bonchev–Trinajstić information content (AvgIpc) is 2.29. The highest BCUT2D eigenvalue weighted by Gasteiger charge is 2.03. The molecule has 0 fully saturated rings. The zero-order chi connectivity index (χ0) is 12.1. The van der Waals surface area contributed by atoms with Gasteiger partial charge in [0, 0.05) is 0 Å². The molecule has 0 heterocycles. The maximum absolute atomic E-state index is 9.75. The molecule has 1 nitrogen and oxygen atoms in total. The van der Waals surface area contributed by atoms with Gasteiger partial charge < -0.3 is 5.11 Å². The third-order valence-corrected chi connectivity index (χ3v) is 3.28. The molecule has 0 amide bonds. The topological polar surface area (TPSA) is 20.2 Å². The van der Waals surface area contributed by atoms with Gasteiger partial charge in [-0.25, -0.2) is 0 Å². The molecule has 0 aromatic carbocycles. The molecule has 0 aromatic rings. The van der Waals surface area contributed by atoms with Crippen molar-refractivity contribution in [2.24, 2.45) is 0 Å². The molecule has 0 aliphatic rings. The molecule has 0 aliphatic carbocycles. The van der Waals surface area contributed by atoms with Gasteiger partial charge in [0.25, 0.3) is 0 Å². The Morgan fingerprint density at radius 1 is 0.625 bits per heavy atom. The van der Waals surface area contributed by atoms with Gasteiger partial charge in [-0.05, 0) is 12.8 Å². The van der Waals surface area contributed by atoms with Crippen LogP contribution in [0.2, 0.25) is 0 Å². The lowest BCUT2D eigenvalue weighted by Gasteiger charge is -2.09. The Morgan fingerprint density at radius 3 is 1.50 bits per heavy atom. The lowest BCUT2D eigenvalue weighted by atomic mass is 10.0. The van der Waals surface area contributed by atoms with E-state index >= 15 is 0 Å². The van der Waals surface area contributed by atoms with Crippen molar-refractivity contribution in [3.8, 4) is 0 Å². The number of hydrogen-bond donors (Lipinski definition) is 1. The lowest BCUT2D eigenvalue weighted by Crippen LogP contribution is -2.05. The predicted molar refractivity (Wildman–Crippen MR) is 72.8 cm³/mol. The first-order valence-corrected chi connectivity index (χ1v) is 7.49. The van der Waals surface area contributed by atoms with Gasteiger partial charge in [-0.15, -0.1) is 0 Å². The van der Waals surface area contributed by atoms with Gasteiger partial charge in [0.15, 0.2) is 0 Å². The molecule has 0 aromatic heterocycles. The summed E-state index contributed by atoms with van der Waals surface area (Å²) in [5.74, 6) is 0. The van der Waals surface area contributed by atoms with Crippen LogP contribution in [0.5, 0.6) is 0 Å². The van der Waals surface area contributed by atoms with Crippen molar-refractivity contribution in [3.05, 3.63) is 0 Å². The fourth-order valence-corrected chi connectivity index (χ4v) is 2.11. The summed E-state index contributed by atoms with van der Waals surface area (Å²) in [4.78, 5) is 0. The second kappa shape index (κ2) is 13.0. The largest absolute Gasteiger partial charge is 0.393 e. The summed E-state index contributed by atoms with van der Waals surface area (Å²) in [6, 6.07) is 0. The van der Waals surface area contributed by atoms with Crippen LogP contribution < -0.4 is 0 Å². The fourth-order valence-electron chi connectivity index (χ4n) is 2.11. The molecule has 0 saturated heterocycles. The van der Waals surface area contributed by atoms with Gasteiger partial charge in [0.1, 0.15) is 0 Å². The molecular weight excluding hydrogens is 196 g/mol. The van der Waals surface area contributed by atoms with Crippen LogP contribution in [0, 0.1) is 0 Å². The van der Waals surface area contributed by atoms with E-state index in [2.05, 4.69) is 13.8 Å². The van der Waals surface area contributed by atoms with Gasteiger partial charge in [-0.1, -0.05) is 78.1 Å². The number of aliphatic hydroxyl groups is 1. The van der Waals surface area contributed by atoms with Crippen LogP contribution in [-0.2, 0) is 0 Å². The molecule has 0 aliphatic heterocycles. The average molecular weight is 228 g/mol. The monoisotopic (exact) mass is 228 g/mol. The Bertz CT molecular complexity index is 123. The van der Waals surface area contributed by atoms with E-state index in [0.29, 0.717) is 0 Å². The first-order chi connectivity index (χ1) is 7.81. The summed E-state index contributed by atoms with van der Waals surface area (Å²) >= 11 is 0. The van der Waals surface area contributed by atoms with Crippen molar-refractivity contribution < 1.29 is 5.11 Å². The van der Waals surface area contributed by atoms with E-state index in [-0.39, 0.29) is 6.10 Å². The molecular formula is C15H32O. The summed E-state index contributed by atoms with van der Waals surface area (Å²) < 4.78 is 0. The van der Waals surface area contributed by atoms with Crippen LogP contribution >= 0.6 is 0 Å². The fraction of sp³-hybridized carbons (Fsp3) is 1.00. The highest BCUT2D eigenvalue weighted by molar-refractivity contribution is 4.57. The van der Waals surface area contributed by atoms with Crippen LogP contribution in [0.3, 0.4) is 0 Å². The summed E-state index contributed by atoms with van der Waals surface area (Å²) in [5, 5.41) is 9.75. The molecule has 0 spiro atoms. The van der Waals surface area contributed by atoms with Gasteiger partial charge >= 0.3 is 0 Å². The molecule has 1 atom stereocenters. The highest BCUT2D eigenvalue weighted by Crippen LogP contribution is 2.12. The zero-order valence-electron chi connectivity index (χ0n) is 11.5. The molecule has 0 bridgehead atoms. The normalized spacial score (nSPS) is 12.9. The van der Waals surface area contributed by atoms with E-state index in [9.17, 15) is 5.11 Å². The molecule has 1 heteroatoms. The minimum absolute atomic E-state index is 0.0250. The Kier molecular flexibility index (Phi) is 13.0. The van der Waals surface area contributed by atoms with E-state index in [1.807, 2.05) is 0 Å². The zero-order valence-corrected chi connectivity index (χ0v) is 11.5. The van der Waals surface area contributed by atoms with Gasteiger partial charge in [0.05, 0.1) is 6.10 Å². The SMILES string of the molecule is CCCCCCCCC(O)CCCCCC. The summed E-state index contributed by atoms with van der Waals surface area (Å²) in [7, 11) is 0. The Labute approximate surface area is 103 Å². The van der Waals surface area contributed by atoms with Gasteiger partial charge in [-0.2, -0.15) is 0 Å². The van der Waals surface area contributed by atoms with Gasteiger partial charge in [-0.3, -0.25) is 0 Å². The van der Waals surface area contributed by atoms with E-state index in [4.69, 9.17) is 0 Å². The van der Waals surface area contributed by atoms with Crippen LogP contribution in [0.25, 0.3) is 0 Å². The number of unbranched alkanes of at least 4 members (excludes halogenated alkanes) is 8. The first kappa shape index (κ1) is 16.0. The first-order valence-electron chi connectivity index (χ1n) is 7.49. The summed E-state index contributed by atoms with van der Waals surface area (Å²) in [6.45, 7) is 4.48. The number of rotatable bonds is 12. The van der Waals surface area contributed by atoms with Crippen molar-refractivity contribution in [3.63, 3.8) is 0 Å². The minimum atomic E-state index is -0.0250. The van der Waals surface area contributed by atoms with Crippen molar-refractivity contribution >= 4 is 0 Å². The van der Waals surface area contributed by atoms with E-state index < -0.39 is 0 Å². The Balaban J connectivity index is 3.08. The predicted octanol–water partition coefficient (Wildman–Crippen LogP) is 5.07. The molecule has 1 N–H and O–H groups in total. The van der Waals surface area contributed by atoms with Crippen LogP contribution in [0.1, 0.15) is 90.9 Å². The molecule has 98 valence electrons. The van der Waals surface area contributed by atoms with Crippen molar-refractivity contribution in [1.29, 1.82) is 0 Å². The Hall–Kier alpha value is -0.0400. The van der Waals surface area contributed by atoms with E-state index in [0.717, 1.165) is 12.8 Å². The number of hydrogen-bond acceptors (Lipinski definition) is 1. The maximum Gasteiger partial charge on any atom is 0.0540 e. The van der Waals surface area contributed by atoms with Crippen LogP contribution in [0.15, 0.2) is 0 Å². The lowest BCUT2D eigenvalue weighted by molar-refractivity contribution is 0.147. The molecule has 16 heavy (non-hydrogen) atoms. The maximum atomic E-state index is 9.75. The van der Waals surface area contributed by atoms with E-state index in [1.54, 1.807) is 0 Å². The molecule has 0 rings (SSSR count). The standard InChI is InChI=1S/C15H32O/c1-3-5-7-9-10-12-14-15(16)13-11-8-6-4-2/h15-16H,3-14H2,1-2H3. The Morgan fingerprint density at radius 2 is 1.00 bits per heavy atom. The second-order valence-electron chi connectivity index (χ2n) is 5.06. The van der Waals surface area contributed by atoms with Crippen molar-refractivity contribution in [1.82, 2.24) is 0 Å².